The minimum Gasteiger partial charge on any atom is -0.472 e. The summed E-state index contributed by atoms with van der Waals surface area (Å²) in [5.41, 5.74) is 0.590. The first-order chi connectivity index (χ1) is 6.97. The van der Waals surface area contributed by atoms with E-state index < -0.39 is 5.60 Å². The number of hydrogen-bond acceptors (Lipinski definition) is 4. The van der Waals surface area contributed by atoms with Crippen LogP contribution < -0.4 is 5.32 Å². The monoisotopic (exact) mass is 211 g/mol. The summed E-state index contributed by atoms with van der Waals surface area (Å²) in [6.45, 7) is 6.36. The van der Waals surface area contributed by atoms with Gasteiger partial charge in [-0.1, -0.05) is 0 Å². The van der Waals surface area contributed by atoms with Crippen LogP contribution in [0.1, 0.15) is 26.3 Å². The van der Waals surface area contributed by atoms with Crippen molar-refractivity contribution in [3.63, 3.8) is 0 Å². The van der Waals surface area contributed by atoms with Gasteiger partial charge >= 0.3 is 5.97 Å². The van der Waals surface area contributed by atoms with Gasteiger partial charge in [0.2, 0.25) is 0 Å². The van der Waals surface area contributed by atoms with Crippen molar-refractivity contribution in [2.24, 2.45) is 0 Å². The van der Waals surface area contributed by atoms with Gasteiger partial charge in [-0.25, -0.2) is 0 Å². The molecule has 1 heterocycles. The van der Waals surface area contributed by atoms with E-state index in [1.807, 2.05) is 26.8 Å². The molecule has 0 aliphatic carbocycles. The molecule has 0 atom stereocenters. The lowest BCUT2D eigenvalue weighted by atomic mass is 10.2. The Kier molecular flexibility index (Phi) is 3.91. The van der Waals surface area contributed by atoms with E-state index in [-0.39, 0.29) is 12.5 Å². The van der Waals surface area contributed by atoms with Gasteiger partial charge in [0.1, 0.15) is 5.60 Å². The number of nitrogens with one attached hydrogen (secondary N) is 1. The van der Waals surface area contributed by atoms with E-state index in [0.717, 1.165) is 5.56 Å². The van der Waals surface area contributed by atoms with Crippen molar-refractivity contribution in [2.45, 2.75) is 32.9 Å². The summed E-state index contributed by atoms with van der Waals surface area (Å²) in [5.74, 6) is -0.244. The molecule has 4 nitrogen and oxygen atoms in total. The molecule has 0 saturated carbocycles. The average Bonchev–Trinajstić information content (AvgIpc) is 2.53. The Morgan fingerprint density at radius 2 is 2.27 bits per heavy atom. The van der Waals surface area contributed by atoms with Crippen molar-refractivity contribution in [2.75, 3.05) is 6.54 Å². The highest BCUT2D eigenvalue weighted by molar-refractivity contribution is 5.72. The van der Waals surface area contributed by atoms with Crippen LogP contribution in [0.4, 0.5) is 0 Å². The van der Waals surface area contributed by atoms with Crippen LogP contribution >= 0.6 is 0 Å². The molecule has 0 fully saturated rings. The van der Waals surface area contributed by atoms with Gasteiger partial charge in [-0.3, -0.25) is 4.79 Å². The molecule has 15 heavy (non-hydrogen) atoms. The normalized spacial score (nSPS) is 11.4. The van der Waals surface area contributed by atoms with Crippen molar-refractivity contribution < 1.29 is 13.9 Å². The maximum absolute atomic E-state index is 11.3. The van der Waals surface area contributed by atoms with E-state index in [1.165, 1.54) is 0 Å². The number of carbonyl (C=O) groups excluding carboxylic acids is 1. The van der Waals surface area contributed by atoms with Gasteiger partial charge in [0, 0.05) is 12.1 Å². The molecule has 0 aliphatic heterocycles. The molecule has 1 aromatic heterocycles. The Labute approximate surface area is 89.6 Å². The predicted octanol–water partition coefficient (Wildman–Crippen LogP) is 1.71. The zero-order valence-electron chi connectivity index (χ0n) is 9.37. The van der Waals surface area contributed by atoms with Gasteiger partial charge in [-0.15, -0.1) is 0 Å². The highest BCUT2D eigenvalue weighted by Gasteiger charge is 2.15. The number of furan rings is 1. The molecule has 1 rings (SSSR count). The summed E-state index contributed by atoms with van der Waals surface area (Å²) in [6.07, 6.45) is 3.24. The van der Waals surface area contributed by atoms with Crippen LogP contribution in [0.15, 0.2) is 23.0 Å². The van der Waals surface area contributed by atoms with Crippen molar-refractivity contribution in [3.8, 4) is 0 Å². The Bertz CT molecular complexity index is 298. The molecule has 1 aromatic rings. The Morgan fingerprint density at radius 3 is 2.80 bits per heavy atom. The molecule has 0 radical (unpaired) electrons. The van der Waals surface area contributed by atoms with E-state index >= 15 is 0 Å². The summed E-state index contributed by atoms with van der Waals surface area (Å²) in [6, 6.07) is 1.85. The minimum absolute atomic E-state index is 0.211. The molecule has 4 heteroatoms. The largest absolute Gasteiger partial charge is 0.472 e. The Hall–Kier alpha value is -1.29. The van der Waals surface area contributed by atoms with Crippen molar-refractivity contribution in [3.05, 3.63) is 24.2 Å². The molecule has 0 aromatic carbocycles. The fourth-order valence-corrected chi connectivity index (χ4v) is 1.08. The summed E-state index contributed by atoms with van der Waals surface area (Å²) in [7, 11) is 0. The van der Waals surface area contributed by atoms with E-state index in [4.69, 9.17) is 9.15 Å². The third-order valence-electron chi connectivity index (χ3n) is 1.60. The molecule has 1 N–H and O–H groups in total. The average molecular weight is 211 g/mol. The molecule has 84 valence electrons. The molecular formula is C11H17NO3. The topological polar surface area (TPSA) is 51.5 Å². The first-order valence-electron chi connectivity index (χ1n) is 4.91. The third-order valence-corrected chi connectivity index (χ3v) is 1.60. The molecular weight excluding hydrogens is 194 g/mol. The molecule has 0 unspecified atom stereocenters. The number of carbonyl (C=O) groups is 1. The second-order valence-corrected chi connectivity index (χ2v) is 4.32. The summed E-state index contributed by atoms with van der Waals surface area (Å²) in [5, 5.41) is 2.98. The van der Waals surface area contributed by atoms with Crippen LogP contribution in [-0.4, -0.2) is 18.1 Å². The molecule has 0 aliphatic rings. The molecule has 0 bridgehead atoms. The second kappa shape index (κ2) is 4.98. The van der Waals surface area contributed by atoms with E-state index in [2.05, 4.69) is 5.32 Å². The first-order valence-corrected chi connectivity index (χ1v) is 4.91. The van der Waals surface area contributed by atoms with E-state index in [0.29, 0.717) is 6.54 Å². The van der Waals surface area contributed by atoms with Crippen molar-refractivity contribution in [1.29, 1.82) is 0 Å². The Morgan fingerprint density at radius 1 is 1.53 bits per heavy atom. The van der Waals surface area contributed by atoms with Crippen molar-refractivity contribution >= 4 is 5.97 Å². The van der Waals surface area contributed by atoms with Crippen LogP contribution in [0, 0.1) is 0 Å². The van der Waals surface area contributed by atoms with Crippen LogP contribution in [0.2, 0.25) is 0 Å². The first kappa shape index (κ1) is 11.8. The zero-order valence-corrected chi connectivity index (χ0v) is 9.37. The number of esters is 1. The molecule has 0 saturated heterocycles. The number of rotatable bonds is 4. The predicted molar refractivity (Wildman–Crippen MR) is 56.3 cm³/mol. The lowest BCUT2D eigenvalue weighted by Crippen LogP contribution is -2.31. The maximum Gasteiger partial charge on any atom is 0.320 e. The fourth-order valence-electron chi connectivity index (χ4n) is 1.08. The van der Waals surface area contributed by atoms with Crippen LogP contribution in [0.5, 0.6) is 0 Å². The van der Waals surface area contributed by atoms with Gasteiger partial charge in [0.05, 0.1) is 19.1 Å². The Balaban J connectivity index is 2.18. The highest BCUT2D eigenvalue weighted by Crippen LogP contribution is 2.06. The summed E-state index contributed by atoms with van der Waals surface area (Å²) >= 11 is 0. The van der Waals surface area contributed by atoms with E-state index in [1.54, 1.807) is 12.5 Å². The lowest BCUT2D eigenvalue weighted by Gasteiger charge is -2.19. The smallest absolute Gasteiger partial charge is 0.320 e. The summed E-state index contributed by atoms with van der Waals surface area (Å²) in [4.78, 5) is 11.3. The third kappa shape index (κ3) is 5.22. The zero-order chi connectivity index (χ0) is 11.3. The van der Waals surface area contributed by atoms with Crippen LogP contribution in [0.25, 0.3) is 0 Å². The summed E-state index contributed by atoms with van der Waals surface area (Å²) < 4.78 is 10.0. The quantitative estimate of drug-likeness (QED) is 0.770. The van der Waals surface area contributed by atoms with Gasteiger partial charge in [0.25, 0.3) is 0 Å². The van der Waals surface area contributed by atoms with Gasteiger partial charge in [-0.05, 0) is 26.8 Å². The van der Waals surface area contributed by atoms with Crippen LogP contribution in [0.3, 0.4) is 0 Å². The van der Waals surface area contributed by atoms with Gasteiger partial charge in [-0.2, -0.15) is 0 Å². The number of ether oxygens (including phenoxy) is 1. The van der Waals surface area contributed by atoms with Gasteiger partial charge in [0.15, 0.2) is 0 Å². The standard InChI is InChI=1S/C11H17NO3/c1-11(2,3)15-10(13)7-12-6-9-4-5-14-8-9/h4-5,8,12H,6-7H2,1-3H3. The lowest BCUT2D eigenvalue weighted by molar-refractivity contribution is -0.153. The van der Waals surface area contributed by atoms with Crippen molar-refractivity contribution in [1.82, 2.24) is 5.32 Å². The SMILES string of the molecule is CC(C)(C)OC(=O)CNCc1ccoc1. The fraction of sp³-hybridized carbons (Fsp3) is 0.545. The molecule has 0 amide bonds. The highest BCUT2D eigenvalue weighted by atomic mass is 16.6. The number of hydrogen-bond donors (Lipinski definition) is 1. The van der Waals surface area contributed by atoms with E-state index in [9.17, 15) is 4.79 Å². The maximum atomic E-state index is 11.3. The second-order valence-electron chi connectivity index (χ2n) is 4.32. The minimum atomic E-state index is -0.422. The van der Waals surface area contributed by atoms with Gasteiger partial charge < -0.3 is 14.5 Å². The molecule has 0 spiro atoms. The van der Waals surface area contributed by atoms with Crippen LogP contribution in [-0.2, 0) is 16.1 Å².